The van der Waals surface area contributed by atoms with Gasteiger partial charge < -0.3 is 4.90 Å². The van der Waals surface area contributed by atoms with Crippen LogP contribution in [-0.2, 0) is 0 Å². The van der Waals surface area contributed by atoms with Gasteiger partial charge in [-0.3, -0.25) is 0 Å². The van der Waals surface area contributed by atoms with Crippen molar-refractivity contribution in [2.45, 2.75) is 43.4 Å². The van der Waals surface area contributed by atoms with Crippen molar-refractivity contribution in [3.05, 3.63) is 71.3 Å². The van der Waals surface area contributed by atoms with Gasteiger partial charge in [0, 0.05) is 6.04 Å². The van der Waals surface area contributed by atoms with Gasteiger partial charge in [0.25, 0.3) is 0 Å². The fourth-order valence-electron chi connectivity index (χ4n) is 4.65. The molecule has 0 aliphatic carbocycles. The number of piperidine rings is 2. The summed E-state index contributed by atoms with van der Waals surface area (Å²) in [6, 6.07) is 14.3. The number of hydrogen-bond acceptors (Lipinski definition) is 2. The Morgan fingerprint density at radius 2 is 1.41 bits per heavy atom. The van der Waals surface area contributed by atoms with Crippen molar-refractivity contribution in [2.75, 3.05) is 18.8 Å². The first-order chi connectivity index (χ1) is 13.2. The second-order valence-corrected chi connectivity index (χ2v) is 8.96. The third-order valence-corrected chi connectivity index (χ3v) is 7.55. The maximum absolute atomic E-state index is 13.4. The van der Waals surface area contributed by atoms with Crippen molar-refractivity contribution in [3.63, 3.8) is 0 Å². The van der Waals surface area contributed by atoms with Crippen LogP contribution in [0.1, 0.15) is 48.5 Å². The Labute approximate surface area is 165 Å². The molecular weight excluding hydrogens is 360 g/mol. The van der Waals surface area contributed by atoms with E-state index in [0.717, 1.165) is 22.9 Å². The second-order valence-electron chi connectivity index (χ2n) is 7.82. The lowest BCUT2D eigenvalue weighted by Crippen LogP contribution is -2.48. The average molecular weight is 388 g/mol. The molecule has 2 heterocycles. The van der Waals surface area contributed by atoms with Crippen molar-refractivity contribution in [1.29, 1.82) is 0 Å². The SMILES string of the molecule is Fc1ccc(C(SC[C@@H]2CCCN3CCCC[C@H]23)c2ccc(F)cc2)cc1. The first-order valence-electron chi connectivity index (χ1n) is 10.1. The topological polar surface area (TPSA) is 3.24 Å². The highest BCUT2D eigenvalue weighted by Crippen LogP contribution is 2.40. The Kier molecular flexibility index (Phi) is 6.14. The normalized spacial score (nSPS) is 23.4. The molecule has 0 N–H and O–H groups in total. The summed E-state index contributed by atoms with van der Waals surface area (Å²) < 4.78 is 26.8. The molecule has 27 heavy (non-hydrogen) atoms. The molecule has 144 valence electrons. The van der Waals surface area contributed by atoms with E-state index in [1.807, 2.05) is 36.0 Å². The molecule has 4 heteroatoms. The minimum absolute atomic E-state index is 0.116. The minimum atomic E-state index is -0.216. The summed E-state index contributed by atoms with van der Waals surface area (Å²) in [7, 11) is 0. The van der Waals surface area contributed by atoms with Crippen molar-refractivity contribution < 1.29 is 8.78 Å². The highest BCUT2D eigenvalue weighted by Gasteiger charge is 2.33. The number of rotatable bonds is 5. The van der Waals surface area contributed by atoms with Gasteiger partial charge in [-0.1, -0.05) is 30.7 Å². The number of halogens is 2. The number of nitrogens with zero attached hydrogens (tertiary/aromatic N) is 1. The second kappa shape index (κ2) is 8.74. The van der Waals surface area contributed by atoms with Gasteiger partial charge in [-0.15, -0.1) is 11.8 Å². The van der Waals surface area contributed by atoms with Crippen LogP contribution in [0.25, 0.3) is 0 Å². The van der Waals surface area contributed by atoms with E-state index in [1.165, 1.54) is 69.5 Å². The van der Waals surface area contributed by atoms with E-state index in [1.54, 1.807) is 0 Å². The number of hydrogen-bond donors (Lipinski definition) is 0. The standard InChI is InChI=1S/C23H27F2NS/c24-20-10-6-17(7-11-20)23(18-8-12-21(25)13-9-18)27-16-19-4-3-15-26-14-2-1-5-22(19)26/h6-13,19,22-23H,1-5,14-16H2/t19-,22+/m0/s1. The molecule has 2 saturated heterocycles. The van der Waals surface area contributed by atoms with Crippen LogP contribution in [0, 0.1) is 17.6 Å². The number of fused-ring (bicyclic) bond motifs is 1. The van der Waals surface area contributed by atoms with Crippen LogP contribution in [0.4, 0.5) is 8.78 Å². The Bertz CT molecular complexity index is 684. The Balaban J connectivity index is 1.52. The molecule has 1 nitrogen and oxygen atoms in total. The summed E-state index contributed by atoms with van der Waals surface area (Å²) in [6.07, 6.45) is 6.60. The van der Waals surface area contributed by atoms with Crippen LogP contribution in [0.3, 0.4) is 0 Å². The maximum atomic E-state index is 13.4. The third-order valence-electron chi connectivity index (χ3n) is 6.05. The first kappa shape index (κ1) is 18.9. The lowest BCUT2D eigenvalue weighted by atomic mass is 9.85. The zero-order valence-corrected chi connectivity index (χ0v) is 16.4. The Morgan fingerprint density at radius 1 is 0.815 bits per heavy atom. The Hall–Kier alpha value is -1.39. The largest absolute Gasteiger partial charge is 0.300 e. The summed E-state index contributed by atoms with van der Waals surface area (Å²) >= 11 is 1.93. The maximum Gasteiger partial charge on any atom is 0.123 e. The van der Waals surface area contributed by atoms with Gasteiger partial charge in [-0.2, -0.15) is 0 Å². The van der Waals surface area contributed by atoms with Crippen LogP contribution < -0.4 is 0 Å². The summed E-state index contributed by atoms with van der Waals surface area (Å²) in [5, 5.41) is 0.116. The molecule has 0 bridgehead atoms. The molecular formula is C23H27F2NS. The lowest BCUT2D eigenvalue weighted by Gasteiger charge is -2.44. The molecule has 0 spiro atoms. The number of thioether (sulfide) groups is 1. The van der Waals surface area contributed by atoms with E-state index in [2.05, 4.69) is 4.90 Å². The van der Waals surface area contributed by atoms with E-state index in [9.17, 15) is 8.78 Å². The number of benzene rings is 2. The van der Waals surface area contributed by atoms with Crippen LogP contribution in [-0.4, -0.2) is 29.8 Å². The summed E-state index contributed by atoms with van der Waals surface area (Å²) in [4.78, 5) is 2.70. The molecule has 2 atom stereocenters. The fourth-order valence-corrected chi connectivity index (χ4v) is 6.18. The zero-order chi connectivity index (χ0) is 18.6. The quantitative estimate of drug-likeness (QED) is 0.614. The van der Waals surface area contributed by atoms with Gasteiger partial charge in [0.2, 0.25) is 0 Å². The zero-order valence-electron chi connectivity index (χ0n) is 15.6. The molecule has 0 saturated carbocycles. The predicted octanol–water partition coefficient (Wildman–Crippen LogP) is 6.05. The molecule has 2 aliphatic rings. The third kappa shape index (κ3) is 4.55. The highest BCUT2D eigenvalue weighted by molar-refractivity contribution is 7.99. The van der Waals surface area contributed by atoms with E-state index in [-0.39, 0.29) is 16.9 Å². The molecule has 0 amide bonds. The molecule has 0 unspecified atom stereocenters. The van der Waals surface area contributed by atoms with Crippen LogP contribution >= 0.6 is 11.8 Å². The van der Waals surface area contributed by atoms with Crippen molar-refractivity contribution in [2.24, 2.45) is 5.92 Å². The smallest absolute Gasteiger partial charge is 0.123 e. The van der Waals surface area contributed by atoms with Crippen molar-refractivity contribution in [1.82, 2.24) is 4.90 Å². The van der Waals surface area contributed by atoms with Crippen LogP contribution in [0.15, 0.2) is 48.5 Å². The van der Waals surface area contributed by atoms with Gasteiger partial charge in [0.1, 0.15) is 11.6 Å². The molecule has 0 radical (unpaired) electrons. The fraction of sp³-hybridized carbons (Fsp3) is 0.478. The molecule has 0 aromatic heterocycles. The minimum Gasteiger partial charge on any atom is -0.300 e. The Morgan fingerprint density at radius 3 is 2.04 bits per heavy atom. The van der Waals surface area contributed by atoms with Gasteiger partial charge in [0.05, 0.1) is 5.25 Å². The first-order valence-corrected chi connectivity index (χ1v) is 11.1. The molecule has 2 aromatic carbocycles. The predicted molar refractivity (Wildman–Crippen MR) is 109 cm³/mol. The van der Waals surface area contributed by atoms with Crippen molar-refractivity contribution in [3.8, 4) is 0 Å². The van der Waals surface area contributed by atoms with E-state index in [4.69, 9.17) is 0 Å². The van der Waals surface area contributed by atoms with Gasteiger partial charge >= 0.3 is 0 Å². The van der Waals surface area contributed by atoms with Gasteiger partial charge in [0.15, 0.2) is 0 Å². The van der Waals surface area contributed by atoms with E-state index < -0.39 is 0 Å². The van der Waals surface area contributed by atoms with E-state index in [0.29, 0.717) is 5.92 Å². The highest BCUT2D eigenvalue weighted by atomic mass is 32.2. The summed E-state index contributed by atoms with van der Waals surface area (Å²) in [6.45, 7) is 2.51. The van der Waals surface area contributed by atoms with Gasteiger partial charge in [-0.05, 0) is 85.8 Å². The van der Waals surface area contributed by atoms with Gasteiger partial charge in [-0.25, -0.2) is 8.78 Å². The monoisotopic (exact) mass is 387 g/mol. The summed E-state index contributed by atoms with van der Waals surface area (Å²) in [5.41, 5.74) is 2.17. The molecule has 2 aromatic rings. The summed E-state index contributed by atoms with van der Waals surface area (Å²) in [5.74, 6) is 1.38. The molecule has 2 fully saturated rings. The van der Waals surface area contributed by atoms with Crippen LogP contribution in [0.2, 0.25) is 0 Å². The van der Waals surface area contributed by atoms with E-state index >= 15 is 0 Å². The average Bonchev–Trinajstić information content (AvgIpc) is 2.71. The molecule has 2 aliphatic heterocycles. The lowest BCUT2D eigenvalue weighted by molar-refractivity contribution is 0.0693. The van der Waals surface area contributed by atoms with Crippen LogP contribution in [0.5, 0.6) is 0 Å². The molecule has 4 rings (SSSR count). The van der Waals surface area contributed by atoms with Crippen molar-refractivity contribution >= 4 is 11.8 Å².